The largest absolute Gasteiger partial charge is 0.472 e. The van der Waals surface area contributed by atoms with Crippen molar-refractivity contribution in [1.82, 2.24) is 0 Å². The van der Waals surface area contributed by atoms with Crippen molar-refractivity contribution in [2.45, 2.75) is 356 Å². The van der Waals surface area contributed by atoms with Crippen LogP contribution in [-0.4, -0.2) is 96.7 Å². The van der Waals surface area contributed by atoms with E-state index in [4.69, 9.17) is 37.0 Å². The third-order valence-corrected chi connectivity index (χ3v) is 18.8. The predicted molar refractivity (Wildman–Crippen MR) is 354 cm³/mol. The molecule has 0 fully saturated rings. The fourth-order valence-electron chi connectivity index (χ4n) is 10.2. The molecule has 0 aromatic carbocycles. The average Bonchev–Trinajstić information content (AvgIpc) is 3.50. The van der Waals surface area contributed by atoms with Crippen LogP contribution in [0.3, 0.4) is 0 Å². The Morgan fingerprint density at radius 2 is 0.545 bits per heavy atom. The lowest BCUT2D eigenvalue weighted by Gasteiger charge is -2.21. The summed E-state index contributed by atoms with van der Waals surface area (Å²) in [5, 5.41) is 10.6. The zero-order valence-corrected chi connectivity index (χ0v) is 59.1. The minimum absolute atomic E-state index is 0.104. The Hall–Kier alpha value is -1.94. The molecule has 0 aromatic rings. The molecule has 88 heavy (non-hydrogen) atoms. The fourth-order valence-corrected chi connectivity index (χ4v) is 11.8. The van der Waals surface area contributed by atoms with E-state index in [2.05, 4.69) is 55.4 Å². The van der Waals surface area contributed by atoms with Crippen molar-refractivity contribution in [2.24, 2.45) is 23.7 Å². The van der Waals surface area contributed by atoms with Gasteiger partial charge in [0.25, 0.3) is 0 Å². The molecule has 0 aliphatic carbocycles. The molecule has 19 heteroatoms. The Morgan fingerprint density at radius 3 is 0.807 bits per heavy atom. The zero-order chi connectivity index (χ0) is 65.4. The third-order valence-electron chi connectivity index (χ3n) is 16.9. The molecule has 522 valence electrons. The minimum atomic E-state index is -4.95. The third kappa shape index (κ3) is 59.1. The van der Waals surface area contributed by atoms with Crippen molar-refractivity contribution in [1.29, 1.82) is 0 Å². The number of unbranched alkanes of at least 4 members (excludes halogenated alkanes) is 29. The highest BCUT2D eigenvalue weighted by atomic mass is 31.2. The van der Waals surface area contributed by atoms with Crippen LogP contribution in [0.4, 0.5) is 0 Å². The maximum atomic E-state index is 13.0. The summed E-state index contributed by atoms with van der Waals surface area (Å²) in [5.41, 5.74) is 0. The Morgan fingerprint density at radius 1 is 0.318 bits per heavy atom. The number of carbonyl (C=O) groups is 4. The van der Waals surface area contributed by atoms with E-state index in [9.17, 15) is 43.2 Å². The summed E-state index contributed by atoms with van der Waals surface area (Å²) in [6, 6.07) is 0. The van der Waals surface area contributed by atoms with E-state index in [1.807, 2.05) is 0 Å². The number of phosphoric ester groups is 2. The van der Waals surface area contributed by atoms with E-state index in [1.165, 1.54) is 135 Å². The first kappa shape index (κ1) is 86.1. The Labute approximate surface area is 537 Å². The van der Waals surface area contributed by atoms with E-state index in [0.29, 0.717) is 31.6 Å². The zero-order valence-electron chi connectivity index (χ0n) is 57.3. The maximum Gasteiger partial charge on any atom is 0.472 e. The number of aliphatic hydroxyl groups is 1. The van der Waals surface area contributed by atoms with Crippen LogP contribution in [0.2, 0.25) is 0 Å². The van der Waals surface area contributed by atoms with Gasteiger partial charge in [-0.15, -0.1) is 0 Å². The van der Waals surface area contributed by atoms with Gasteiger partial charge >= 0.3 is 39.5 Å². The van der Waals surface area contributed by atoms with Gasteiger partial charge < -0.3 is 33.8 Å². The standard InChI is InChI=1S/C69H134O17P2/c1-9-60(6)46-38-30-22-14-12-13-15-26-35-43-51-68(73)85-65(56-80-67(72)50-42-34-28-20-21-29-37-45-59(4)5)58-84-88(77,78)82-54-63(70)53-81-87(75,76)83-57-64(86-69(74)52-44-36-27-19-17-24-32-40-48-62(8)11-3)55-79-66(71)49-41-33-25-18-16-23-31-39-47-61(7)10-2/h59-65,70H,9-58H2,1-8H3,(H,75,76)(H,77,78)/t60?,61?,62?,63?,64-,65-/m1/s1. The predicted octanol–water partition coefficient (Wildman–Crippen LogP) is 19.3. The molecule has 0 saturated carbocycles. The summed E-state index contributed by atoms with van der Waals surface area (Å²) in [5.74, 6) is 0.922. The quantitative estimate of drug-likeness (QED) is 0.0222. The molecule has 0 aliphatic rings. The fraction of sp³-hybridized carbons (Fsp3) is 0.942. The van der Waals surface area contributed by atoms with Crippen LogP contribution in [0.5, 0.6) is 0 Å². The first-order valence-electron chi connectivity index (χ1n) is 35.8. The number of ether oxygens (including phenoxy) is 4. The van der Waals surface area contributed by atoms with Crippen LogP contribution in [0.1, 0.15) is 338 Å². The van der Waals surface area contributed by atoms with Crippen LogP contribution in [0.15, 0.2) is 0 Å². The molecule has 0 spiro atoms. The highest BCUT2D eigenvalue weighted by molar-refractivity contribution is 7.47. The van der Waals surface area contributed by atoms with E-state index in [-0.39, 0.29) is 25.7 Å². The molecule has 0 bridgehead atoms. The van der Waals surface area contributed by atoms with Crippen molar-refractivity contribution in [3.05, 3.63) is 0 Å². The number of esters is 4. The summed E-state index contributed by atoms with van der Waals surface area (Å²) in [7, 11) is -9.90. The molecule has 0 amide bonds. The van der Waals surface area contributed by atoms with Crippen LogP contribution < -0.4 is 0 Å². The van der Waals surface area contributed by atoms with Crippen molar-refractivity contribution in [3.63, 3.8) is 0 Å². The number of carbonyl (C=O) groups excluding carboxylic acids is 4. The first-order valence-corrected chi connectivity index (χ1v) is 38.8. The number of aliphatic hydroxyl groups excluding tert-OH is 1. The second kappa shape index (κ2) is 58.8. The molecule has 6 unspecified atom stereocenters. The number of hydrogen-bond acceptors (Lipinski definition) is 15. The van der Waals surface area contributed by atoms with Crippen LogP contribution in [0, 0.1) is 23.7 Å². The van der Waals surface area contributed by atoms with Gasteiger partial charge in [0, 0.05) is 25.7 Å². The van der Waals surface area contributed by atoms with Gasteiger partial charge in [-0.3, -0.25) is 37.3 Å². The average molecular weight is 1300 g/mol. The summed E-state index contributed by atoms with van der Waals surface area (Å²) >= 11 is 0. The lowest BCUT2D eigenvalue weighted by molar-refractivity contribution is -0.161. The lowest BCUT2D eigenvalue weighted by Crippen LogP contribution is -2.30. The van der Waals surface area contributed by atoms with E-state index in [0.717, 1.165) is 114 Å². The molecule has 0 aliphatic heterocycles. The molecule has 17 nitrogen and oxygen atoms in total. The monoisotopic (exact) mass is 1300 g/mol. The minimum Gasteiger partial charge on any atom is -0.462 e. The summed E-state index contributed by atoms with van der Waals surface area (Å²) in [4.78, 5) is 72.5. The van der Waals surface area contributed by atoms with Crippen LogP contribution >= 0.6 is 15.6 Å². The van der Waals surface area contributed by atoms with Crippen molar-refractivity contribution in [2.75, 3.05) is 39.6 Å². The Kier molecular flexibility index (Phi) is 57.6. The van der Waals surface area contributed by atoms with E-state index in [1.54, 1.807) is 0 Å². The highest BCUT2D eigenvalue weighted by Gasteiger charge is 2.30. The molecular formula is C69H134O17P2. The molecule has 0 radical (unpaired) electrons. The SMILES string of the molecule is CCC(C)CCCCCCCCCCCCC(=O)O[C@H](COC(=O)CCCCCCCCCC(C)C)COP(=O)(O)OCC(O)COP(=O)(O)OC[C@@H](COC(=O)CCCCCCCCCCC(C)CC)OC(=O)CCCCCCCCCCC(C)CC. The number of rotatable bonds is 66. The molecule has 0 aromatic heterocycles. The van der Waals surface area contributed by atoms with Gasteiger partial charge in [0.15, 0.2) is 12.2 Å². The molecule has 8 atom stereocenters. The summed E-state index contributed by atoms with van der Waals surface area (Å²) in [6.07, 6.45) is 40.2. The molecule has 0 saturated heterocycles. The topological polar surface area (TPSA) is 237 Å². The normalized spacial score (nSPS) is 15.2. The number of phosphoric acid groups is 2. The van der Waals surface area contributed by atoms with E-state index >= 15 is 0 Å². The van der Waals surface area contributed by atoms with E-state index < -0.39 is 97.5 Å². The summed E-state index contributed by atoms with van der Waals surface area (Å²) < 4.78 is 68.2. The van der Waals surface area contributed by atoms with Crippen molar-refractivity contribution >= 4 is 39.5 Å². The van der Waals surface area contributed by atoms with Gasteiger partial charge in [-0.05, 0) is 49.4 Å². The smallest absolute Gasteiger partial charge is 0.462 e. The first-order chi connectivity index (χ1) is 42.2. The van der Waals surface area contributed by atoms with Gasteiger partial charge in [-0.1, -0.05) is 287 Å². The Bertz CT molecular complexity index is 1750. The van der Waals surface area contributed by atoms with Crippen LogP contribution in [-0.2, 0) is 65.4 Å². The molecule has 0 heterocycles. The van der Waals surface area contributed by atoms with Gasteiger partial charge in [0.2, 0.25) is 0 Å². The highest BCUT2D eigenvalue weighted by Crippen LogP contribution is 2.45. The molecule has 3 N–H and O–H groups in total. The Balaban J connectivity index is 5.28. The van der Waals surface area contributed by atoms with Gasteiger partial charge in [-0.2, -0.15) is 0 Å². The number of hydrogen-bond donors (Lipinski definition) is 3. The van der Waals surface area contributed by atoms with Crippen molar-refractivity contribution in [3.8, 4) is 0 Å². The van der Waals surface area contributed by atoms with Gasteiger partial charge in [-0.25, -0.2) is 9.13 Å². The van der Waals surface area contributed by atoms with Crippen LogP contribution in [0.25, 0.3) is 0 Å². The second-order valence-electron chi connectivity index (χ2n) is 26.1. The van der Waals surface area contributed by atoms with Gasteiger partial charge in [0.05, 0.1) is 26.4 Å². The van der Waals surface area contributed by atoms with Crippen molar-refractivity contribution < 1.29 is 80.2 Å². The van der Waals surface area contributed by atoms with Gasteiger partial charge in [0.1, 0.15) is 19.3 Å². The summed E-state index contributed by atoms with van der Waals surface area (Å²) in [6.45, 7) is 14.1. The molecule has 0 rings (SSSR count). The maximum absolute atomic E-state index is 13.0. The second-order valence-corrected chi connectivity index (χ2v) is 29.0. The lowest BCUT2D eigenvalue weighted by atomic mass is 9.99. The molecular weight excluding hydrogens is 1160 g/mol.